The first-order chi connectivity index (χ1) is 4.42. The third kappa shape index (κ3) is 0.637. The molecule has 3 heteroatoms. The first-order valence-corrected chi connectivity index (χ1v) is 3.51. The molecule has 1 heterocycles. The highest BCUT2D eigenvalue weighted by Crippen LogP contribution is 2.43. The van der Waals surface area contributed by atoms with E-state index in [1.807, 2.05) is 12.1 Å². The van der Waals surface area contributed by atoms with Gasteiger partial charge in [0, 0.05) is 0 Å². The molecule has 1 atom stereocenters. The van der Waals surface area contributed by atoms with Crippen LogP contribution >= 0.6 is 8.46 Å². The SMILES string of the molecule is O=[PH+]c1cccc2c1O2. The molecule has 0 fully saturated rings. The zero-order valence-electron chi connectivity index (χ0n) is 4.55. The molecule has 1 aliphatic rings. The van der Waals surface area contributed by atoms with Crippen LogP contribution in [0.25, 0.3) is 0 Å². The van der Waals surface area contributed by atoms with E-state index in [2.05, 4.69) is 0 Å². The van der Waals surface area contributed by atoms with Gasteiger partial charge >= 0.3 is 8.46 Å². The lowest BCUT2D eigenvalue weighted by Gasteiger charge is -1.67. The monoisotopic (exact) mass is 139 g/mol. The van der Waals surface area contributed by atoms with Crippen LogP contribution in [0.1, 0.15) is 0 Å². The van der Waals surface area contributed by atoms with E-state index in [4.69, 9.17) is 4.74 Å². The van der Waals surface area contributed by atoms with Gasteiger partial charge in [-0.2, -0.15) is 0 Å². The van der Waals surface area contributed by atoms with Gasteiger partial charge in [0.15, 0.2) is 5.75 Å². The second-order valence-corrected chi connectivity index (χ2v) is 2.58. The quantitative estimate of drug-likeness (QED) is 0.442. The molecular formula is C6H4O2P+. The molecule has 2 nitrogen and oxygen atoms in total. The van der Waals surface area contributed by atoms with Crippen LogP contribution in [0, 0.1) is 0 Å². The van der Waals surface area contributed by atoms with Crippen LogP contribution in [-0.2, 0) is 4.57 Å². The van der Waals surface area contributed by atoms with Gasteiger partial charge in [-0.3, -0.25) is 0 Å². The van der Waals surface area contributed by atoms with Crippen molar-refractivity contribution in [3.05, 3.63) is 18.2 Å². The molecule has 0 radical (unpaired) electrons. The minimum Gasteiger partial charge on any atom is -0.444 e. The van der Waals surface area contributed by atoms with E-state index >= 15 is 0 Å². The fraction of sp³-hybridized carbons (Fsp3) is 0. The number of para-hydroxylation sites is 1. The summed E-state index contributed by atoms with van der Waals surface area (Å²) in [7, 11) is -0.394. The highest BCUT2D eigenvalue weighted by Gasteiger charge is 2.27. The Morgan fingerprint density at radius 2 is 2.33 bits per heavy atom. The van der Waals surface area contributed by atoms with Crippen LogP contribution < -0.4 is 10.0 Å². The van der Waals surface area contributed by atoms with Crippen molar-refractivity contribution in [2.45, 2.75) is 0 Å². The van der Waals surface area contributed by atoms with Crippen molar-refractivity contribution in [2.75, 3.05) is 0 Å². The average Bonchev–Trinajstić information content (AvgIpc) is 2.64. The van der Waals surface area contributed by atoms with Gasteiger partial charge in [-0.15, -0.1) is 0 Å². The number of hydrogen-bond donors (Lipinski definition) is 0. The molecule has 1 aliphatic heterocycles. The zero-order chi connectivity index (χ0) is 6.27. The van der Waals surface area contributed by atoms with E-state index < -0.39 is 8.46 Å². The van der Waals surface area contributed by atoms with E-state index in [1.165, 1.54) is 0 Å². The van der Waals surface area contributed by atoms with Crippen molar-refractivity contribution in [1.82, 2.24) is 0 Å². The van der Waals surface area contributed by atoms with Gasteiger partial charge in [-0.05, 0) is 12.1 Å². The first kappa shape index (κ1) is 4.95. The maximum Gasteiger partial charge on any atom is 0.367 e. The molecule has 0 spiro atoms. The molecule has 0 aliphatic carbocycles. The summed E-state index contributed by atoms with van der Waals surface area (Å²) in [5.41, 5.74) is 0. The van der Waals surface area contributed by atoms with Gasteiger partial charge in [0.05, 0.1) is 0 Å². The third-order valence-electron chi connectivity index (χ3n) is 1.26. The van der Waals surface area contributed by atoms with E-state index in [0.29, 0.717) is 0 Å². The molecular weight excluding hydrogens is 135 g/mol. The summed E-state index contributed by atoms with van der Waals surface area (Å²) in [6, 6.07) is 5.50. The Morgan fingerprint density at radius 1 is 1.44 bits per heavy atom. The van der Waals surface area contributed by atoms with Crippen LogP contribution in [0.2, 0.25) is 0 Å². The van der Waals surface area contributed by atoms with E-state index in [1.54, 1.807) is 6.07 Å². The van der Waals surface area contributed by atoms with Gasteiger partial charge in [0.25, 0.3) is 0 Å². The summed E-state index contributed by atoms with van der Waals surface area (Å²) in [6.45, 7) is 0. The van der Waals surface area contributed by atoms with Gasteiger partial charge in [0.2, 0.25) is 11.1 Å². The topological polar surface area (TPSA) is 29.6 Å². The van der Waals surface area contributed by atoms with Crippen LogP contribution in [0.3, 0.4) is 0 Å². The van der Waals surface area contributed by atoms with E-state index in [0.717, 1.165) is 16.8 Å². The molecule has 0 saturated heterocycles. The molecule has 9 heavy (non-hydrogen) atoms. The van der Waals surface area contributed by atoms with Crippen molar-refractivity contribution < 1.29 is 9.30 Å². The Bertz CT molecular complexity index is 270. The Morgan fingerprint density at radius 3 is 3.00 bits per heavy atom. The normalized spacial score (nSPS) is 12.4. The number of rotatable bonds is 1. The lowest BCUT2D eigenvalue weighted by atomic mass is 10.4. The Kier molecular flexibility index (Phi) is 0.852. The average molecular weight is 139 g/mol. The number of benzene rings is 1. The van der Waals surface area contributed by atoms with Gasteiger partial charge < -0.3 is 4.74 Å². The number of ether oxygens (including phenoxy) is 1. The van der Waals surface area contributed by atoms with Crippen LogP contribution in [0.5, 0.6) is 11.5 Å². The molecule has 0 bridgehead atoms. The molecule has 0 N–H and O–H groups in total. The summed E-state index contributed by atoms with van der Waals surface area (Å²) in [5.74, 6) is 1.68. The number of fused-ring (bicyclic) bond motifs is 1. The predicted octanol–water partition coefficient (Wildman–Crippen LogP) is 1.44. The van der Waals surface area contributed by atoms with E-state index in [-0.39, 0.29) is 0 Å². The molecule has 44 valence electrons. The maximum absolute atomic E-state index is 10.3. The fourth-order valence-electron chi connectivity index (χ4n) is 0.770. The van der Waals surface area contributed by atoms with Crippen LogP contribution in [0.15, 0.2) is 18.2 Å². The standard InChI is InChI=1S/C6H3O2P/c7-9-5-3-1-2-4-6(5)8-4/h1-3H/p+1. The molecule has 1 aromatic rings. The highest BCUT2D eigenvalue weighted by atomic mass is 31.1. The molecule has 1 aromatic carbocycles. The lowest BCUT2D eigenvalue weighted by Crippen LogP contribution is -1.81. The van der Waals surface area contributed by atoms with Gasteiger partial charge in [0.1, 0.15) is 0 Å². The van der Waals surface area contributed by atoms with E-state index in [9.17, 15) is 4.57 Å². The molecule has 0 amide bonds. The van der Waals surface area contributed by atoms with Crippen molar-refractivity contribution in [2.24, 2.45) is 0 Å². The molecule has 0 aromatic heterocycles. The van der Waals surface area contributed by atoms with Gasteiger partial charge in [-0.25, -0.2) is 0 Å². The summed E-state index contributed by atoms with van der Waals surface area (Å²) in [5, 5.41) is 0.799. The minimum absolute atomic E-state index is 0.394. The summed E-state index contributed by atoms with van der Waals surface area (Å²) >= 11 is 0. The second-order valence-electron chi connectivity index (χ2n) is 1.84. The van der Waals surface area contributed by atoms with Crippen molar-refractivity contribution in [3.8, 4) is 11.5 Å². The Labute approximate surface area is 53.7 Å². The Hall–Kier alpha value is -0.880. The molecule has 0 saturated carbocycles. The number of hydrogen-bond acceptors (Lipinski definition) is 2. The van der Waals surface area contributed by atoms with Crippen molar-refractivity contribution in [3.63, 3.8) is 0 Å². The highest BCUT2D eigenvalue weighted by molar-refractivity contribution is 7.34. The van der Waals surface area contributed by atoms with Crippen molar-refractivity contribution >= 4 is 13.8 Å². The van der Waals surface area contributed by atoms with Crippen molar-refractivity contribution in [1.29, 1.82) is 0 Å². The predicted molar refractivity (Wildman–Crippen MR) is 35.2 cm³/mol. The van der Waals surface area contributed by atoms with Gasteiger partial charge in [-0.1, -0.05) is 10.6 Å². The zero-order valence-corrected chi connectivity index (χ0v) is 5.55. The first-order valence-electron chi connectivity index (χ1n) is 2.61. The largest absolute Gasteiger partial charge is 0.444 e. The molecule has 1 unspecified atom stereocenters. The smallest absolute Gasteiger partial charge is 0.367 e. The van der Waals surface area contributed by atoms with Crippen LogP contribution in [0.4, 0.5) is 0 Å². The second kappa shape index (κ2) is 1.55. The minimum atomic E-state index is -0.394. The maximum atomic E-state index is 10.3. The van der Waals surface area contributed by atoms with Crippen LogP contribution in [-0.4, -0.2) is 0 Å². The fourth-order valence-corrected chi connectivity index (χ4v) is 1.20. The summed E-state index contributed by atoms with van der Waals surface area (Å²) in [4.78, 5) is 0. The Balaban J connectivity index is 2.62. The summed E-state index contributed by atoms with van der Waals surface area (Å²) < 4.78 is 15.3. The lowest BCUT2D eigenvalue weighted by molar-refractivity contribution is 0.602. The molecule has 2 rings (SSSR count). The summed E-state index contributed by atoms with van der Waals surface area (Å²) in [6.07, 6.45) is 0. The third-order valence-corrected chi connectivity index (χ3v) is 1.87.